The number of rotatable bonds is 13. The summed E-state index contributed by atoms with van der Waals surface area (Å²) in [7, 11) is -2.51. The zero-order chi connectivity index (χ0) is 15.5. The van der Waals surface area contributed by atoms with Crippen molar-refractivity contribution in [3.63, 3.8) is 0 Å². The summed E-state index contributed by atoms with van der Waals surface area (Å²) in [6.45, 7) is 12.7. The predicted octanol–water partition coefficient (Wildman–Crippen LogP) is 3.88. The van der Waals surface area contributed by atoms with E-state index in [1.807, 2.05) is 20.8 Å². The first-order valence-corrected chi connectivity index (χ1v) is 12.7. The van der Waals surface area contributed by atoms with E-state index in [2.05, 4.69) is 13.8 Å². The van der Waals surface area contributed by atoms with Crippen LogP contribution in [-0.4, -0.2) is 47.6 Å². The normalized spacial score (nSPS) is 12.8. The lowest BCUT2D eigenvalue weighted by atomic mass is 10.5. The molecule has 7 heteroatoms. The summed E-state index contributed by atoms with van der Waals surface area (Å²) < 4.78 is 23.4. The minimum atomic E-state index is -2.51. The van der Waals surface area contributed by atoms with E-state index in [1.165, 1.54) is 0 Å². The minimum Gasteiger partial charge on any atom is -0.374 e. The maximum absolute atomic E-state index is 5.94. The second-order valence-electron chi connectivity index (χ2n) is 4.37. The molecule has 0 aliphatic heterocycles. The van der Waals surface area contributed by atoms with Crippen LogP contribution in [0.1, 0.15) is 41.0 Å². The molecule has 0 saturated heterocycles. The summed E-state index contributed by atoms with van der Waals surface area (Å²) in [5.41, 5.74) is 0. The molecule has 122 valence electrons. The Bertz CT molecular complexity index is 267. The minimum absolute atomic E-state index is 0.620. The highest BCUT2D eigenvalue weighted by atomic mass is 32.4. The van der Waals surface area contributed by atoms with E-state index in [1.54, 1.807) is 0 Å². The van der Waals surface area contributed by atoms with Gasteiger partial charge in [-0.2, -0.15) is 0 Å². The number of hydrogen-bond donors (Lipinski definition) is 0. The van der Waals surface area contributed by atoms with Gasteiger partial charge in [0.05, 0.1) is 12.9 Å². The molecule has 0 aromatic heterocycles. The van der Waals surface area contributed by atoms with Gasteiger partial charge in [0.1, 0.15) is 0 Å². The van der Waals surface area contributed by atoms with E-state index in [4.69, 9.17) is 29.6 Å². The largest absolute Gasteiger partial charge is 0.501 e. The molecular formula is C13H31O4PSSi. The Morgan fingerprint density at radius 3 is 1.65 bits per heavy atom. The molecule has 0 saturated carbocycles. The average molecular weight is 343 g/mol. The zero-order valence-electron chi connectivity index (χ0n) is 13.6. The van der Waals surface area contributed by atoms with Crippen LogP contribution < -0.4 is 0 Å². The summed E-state index contributed by atoms with van der Waals surface area (Å²) >= 11 is 5.57. The van der Waals surface area contributed by atoms with E-state index in [0.717, 1.165) is 24.8 Å². The molecule has 0 N–H and O–H groups in total. The molecule has 0 rings (SSSR count). The maximum Gasteiger partial charge on any atom is 0.501 e. The Morgan fingerprint density at radius 2 is 1.30 bits per heavy atom. The monoisotopic (exact) mass is 342 g/mol. The van der Waals surface area contributed by atoms with Gasteiger partial charge in [0.25, 0.3) is 0 Å². The Hall–Kier alpha value is 0.707. The van der Waals surface area contributed by atoms with Crippen molar-refractivity contribution in [2.24, 2.45) is 0 Å². The molecule has 0 aromatic carbocycles. The Balaban J connectivity index is 4.35. The van der Waals surface area contributed by atoms with Crippen LogP contribution in [0, 0.1) is 0 Å². The van der Waals surface area contributed by atoms with E-state index in [9.17, 15) is 0 Å². The first kappa shape index (κ1) is 20.7. The van der Waals surface area contributed by atoms with Crippen LogP contribution in [0.15, 0.2) is 0 Å². The average Bonchev–Trinajstić information content (AvgIpc) is 2.44. The fourth-order valence-corrected chi connectivity index (χ4v) is 6.00. The van der Waals surface area contributed by atoms with Gasteiger partial charge < -0.3 is 17.8 Å². The van der Waals surface area contributed by atoms with E-state index >= 15 is 0 Å². The molecule has 0 aromatic rings. The van der Waals surface area contributed by atoms with Crippen LogP contribution >= 0.6 is 6.26 Å². The Morgan fingerprint density at radius 1 is 0.850 bits per heavy atom. The third-order valence-corrected chi connectivity index (χ3v) is 10.6. The highest BCUT2D eigenvalue weighted by Crippen LogP contribution is 2.46. The lowest BCUT2D eigenvalue weighted by Gasteiger charge is -2.28. The van der Waals surface area contributed by atoms with Crippen LogP contribution in [0.25, 0.3) is 0 Å². The highest BCUT2D eigenvalue weighted by molar-refractivity contribution is 8.12. The molecule has 0 heterocycles. The standard InChI is InChI=1S/C13H31O4PSSi/c1-6-15-20(16-7-2,17-8-3)13-11-12-14-18(19,9-4)10-5/h6-13H2,1-5H3. The van der Waals surface area contributed by atoms with Gasteiger partial charge >= 0.3 is 8.80 Å². The third-order valence-electron chi connectivity index (χ3n) is 3.01. The van der Waals surface area contributed by atoms with Crippen molar-refractivity contribution in [1.82, 2.24) is 0 Å². The molecule has 0 atom stereocenters. The second-order valence-corrected chi connectivity index (χ2v) is 12.2. The van der Waals surface area contributed by atoms with Gasteiger partial charge in [-0.1, -0.05) is 25.7 Å². The molecular weight excluding hydrogens is 311 g/mol. The van der Waals surface area contributed by atoms with E-state index < -0.39 is 15.1 Å². The highest BCUT2D eigenvalue weighted by Gasteiger charge is 2.39. The molecule has 0 unspecified atom stereocenters. The molecule has 0 fully saturated rings. The predicted molar refractivity (Wildman–Crippen MR) is 91.4 cm³/mol. The third kappa shape index (κ3) is 7.64. The quantitative estimate of drug-likeness (QED) is 0.288. The number of hydrogen-bond acceptors (Lipinski definition) is 5. The van der Waals surface area contributed by atoms with Crippen LogP contribution in [0.4, 0.5) is 0 Å². The zero-order valence-corrected chi connectivity index (χ0v) is 16.4. The SMILES string of the molecule is CCO[Si](CCCOP(=S)(CC)CC)(OCC)OCC. The van der Waals surface area contributed by atoms with Crippen molar-refractivity contribution in [1.29, 1.82) is 0 Å². The van der Waals surface area contributed by atoms with Crippen molar-refractivity contribution in [3.8, 4) is 0 Å². The van der Waals surface area contributed by atoms with Crippen molar-refractivity contribution >= 4 is 26.9 Å². The molecule has 0 aliphatic carbocycles. The van der Waals surface area contributed by atoms with Gasteiger partial charge in [-0.15, -0.1) is 0 Å². The fraction of sp³-hybridized carbons (Fsp3) is 1.00. The fourth-order valence-electron chi connectivity index (χ4n) is 1.93. The molecule has 0 radical (unpaired) electrons. The first-order valence-electron chi connectivity index (χ1n) is 7.65. The van der Waals surface area contributed by atoms with Gasteiger partial charge in [-0.3, -0.25) is 0 Å². The summed E-state index contributed by atoms with van der Waals surface area (Å²) in [6, 6.07) is 0.797. The van der Waals surface area contributed by atoms with Crippen molar-refractivity contribution in [3.05, 3.63) is 0 Å². The smallest absolute Gasteiger partial charge is 0.374 e. The Kier molecular flexibility index (Phi) is 11.7. The molecule has 0 aliphatic rings. The Labute approximate surface area is 131 Å². The molecule has 0 bridgehead atoms. The van der Waals surface area contributed by atoms with Gasteiger partial charge in [0, 0.05) is 25.9 Å². The second kappa shape index (κ2) is 11.3. The first-order chi connectivity index (χ1) is 9.51. The molecule has 4 nitrogen and oxygen atoms in total. The molecule has 0 amide bonds. The van der Waals surface area contributed by atoms with Crippen molar-refractivity contribution < 1.29 is 17.8 Å². The van der Waals surface area contributed by atoms with Crippen LogP contribution in [0.5, 0.6) is 0 Å². The molecule has 0 spiro atoms. The van der Waals surface area contributed by atoms with Crippen molar-refractivity contribution in [2.75, 3.05) is 38.8 Å². The summed E-state index contributed by atoms with van der Waals surface area (Å²) in [5, 5.41) is 0. The summed E-state index contributed by atoms with van der Waals surface area (Å²) in [5.74, 6) is 0. The van der Waals surface area contributed by atoms with Crippen molar-refractivity contribution in [2.45, 2.75) is 47.1 Å². The van der Waals surface area contributed by atoms with Crippen LogP contribution in [-0.2, 0) is 29.6 Å². The summed E-state index contributed by atoms with van der Waals surface area (Å²) in [6.07, 6.45) is 1.22. The van der Waals surface area contributed by atoms with Gasteiger partial charge in [-0.05, 0) is 39.5 Å². The van der Waals surface area contributed by atoms with Gasteiger partial charge in [0.2, 0.25) is 0 Å². The van der Waals surface area contributed by atoms with E-state index in [0.29, 0.717) is 26.4 Å². The van der Waals surface area contributed by atoms with Crippen LogP contribution in [0.3, 0.4) is 0 Å². The summed E-state index contributed by atoms with van der Waals surface area (Å²) in [4.78, 5) is 0. The van der Waals surface area contributed by atoms with Gasteiger partial charge in [-0.25, -0.2) is 0 Å². The topological polar surface area (TPSA) is 36.9 Å². The van der Waals surface area contributed by atoms with Gasteiger partial charge in [0.15, 0.2) is 0 Å². The van der Waals surface area contributed by atoms with E-state index in [-0.39, 0.29) is 0 Å². The molecule has 20 heavy (non-hydrogen) atoms. The maximum atomic E-state index is 5.94. The lowest BCUT2D eigenvalue weighted by molar-refractivity contribution is 0.0698. The lowest BCUT2D eigenvalue weighted by Crippen LogP contribution is -2.46. The van der Waals surface area contributed by atoms with Crippen LogP contribution in [0.2, 0.25) is 6.04 Å².